The van der Waals surface area contributed by atoms with E-state index in [1.165, 1.54) is 7.11 Å². The fraction of sp³-hybridized carbons (Fsp3) is 0.300. The minimum atomic E-state index is -0.274. The number of nitrogens with one attached hydrogen (secondary N) is 1. The van der Waals surface area contributed by atoms with Crippen LogP contribution in [0, 0.1) is 11.3 Å². The minimum Gasteiger partial charge on any atom is -0.493 e. The van der Waals surface area contributed by atoms with Gasteiger partial charge in [-0.25, -0.2) is 0 Å². The number of amides is 2. The Hall–Kier alpha value is -4.35. The highest BCUT2D eigenvalue weighted by molar-refractivity contribution is 6.04. The van der Waals surface area contributed by atoms with Gasteiger partial charge in [-0.2, -0.15) is 5.26 Å². The second kappa shape index (κ2) is 12.3. The number of nitrogens with two attached hydrogens (primary N) is 1. The van der Waals surface area contributed by atoms with E-state index in [1.807, 2.05) is 29.2 Å². The molecule has 0 saturated heterocycles. The molecule has 4 rings (SSSR count). The number of rotatable bonds is 8. The fourth-order valence-corrected chi connectivity index (χ4v) is 4.79. The molecule has 2 atom stereocenters. The molecule has 0 aliphatic heterocycles. The van der Waals surface area contributed by atoms with Crippen molar-refractivity contribution < 1.29 is 19.1 Å². The van der Waals surface area contributed by atoms with Gasteiger partial charge in [0.25, 0.3) is 11.8 Å². The van der Waals surface area contributed by atoms with Crippen molar-refractivity contribution in [1.82, 2.24) is 4.90 Å². The summed E-state index contributed by atoms with van der Waals surface area (Å²) in [5.41, 5.74) is 9.50. The molecule has 8 heteroatoms. The summed E-state index contributed by atoms with van der Waals surface area (Å²) < 4.78 is 10.5. The van der Waals surface area contributed by atoms with Crippen LogP contribution in [0.4, 0.5) is 5.69 Å². The Morgan fingerprint density at radius 3 is 2.24 bits per heavy atom. The average Bonchev–Trinajstić information content (AvgIpc) is 2.96. The molecule has 3 aromatic carbocycles. The second-order valence-electron chi connectivity index (χ2n) is 9.36. The molecular formula is C30H32N4O4. The number of nitriles is 1. The molecule has 0 aromatic heterocycles. The monoisotopic (exact) mass is 512 g/mol. The maximum absolute atomic E-state index is 13.6. The maximum Gasteiger partial charge on any atom is 0.255 e. The molecule has 3 aromatic rings. The van der Waals surface area contributed by atoms with Crippen LogP contribution >= 0.6 is 0 Å². The van der Waals surface area contributed by atoms with Gasteiger partial charge in [-0.1, -0.05) is 25.0 Å². The Balaban J connectivity index is 1.50. The summed E-state index contributed by atoms with van der Waals surface area (Å²) in [7, 11) is 3.06. The third kappa shape index (κ3) is 6.13. The Kier molecular flexibility index (Phi) is 8.62. The number of carbonyl (C=O) groups excluding carboxylic acids is 2. The zero-order valence-corrected chi connectivity index (χ0v) is 21.6. The van der Waals surface area contributed by atoms with Crippen LogP contribution in [0.2, 0.25) is 0 Å². The summed E-state index contributed by atoms with van der Waals surface area (Å²) in [6.07, 6.45) is 3.81. The lowest BCUT2D eigenvalue weighted by molar-refractivity contribution is 0.0583. The van der Waals surface area contributed by atoms with Crippen LogP contribution in [-0.4, -0.2) is 43.0 Å². The molecule has 38 heavy (non-hydrogen) atoms. The zero-order valence-electron chi connectivity index (χ0n) is 21.6. The van der Waals surface area contributed by atoms with Crippen molar-refractivity contribution in [2.24, 2.45) is 5.73 Å². The van der Waals surface area contributed by atoms with Gasteiger partial charge in [0, 0.05) is 35.4 Å². The third-order valence-corrected chi connectivity index (χ3v) is 6.91. The minimum absolute atomic E-state index is 0.0728. The predicted octanol–water partition coefficient (Wildman–Crippen LogP) is 4.74. The van der Waals surface area contributed by atoms with E-state index < -0.39 is 0 Å². The zero-order chi connectivity index (χ0) is 27.1. The van der Waals surface area contributed by atoms with Crippen molar-refractivity contribution in [3.63, 3.8) is 0 Å². The smallest absolute Gasteiger partial charge is 0.255 e. The van der Waals surface area contributed by atoms with Gasteiger partial charge in [-0.3, -0.25) is 9.59 Å². The number of methoxy groups -OCH3 is 2. The van der Waals surface area contributed by atoms with E-state index in [0.717, 1.165) is 31.2 Å². The van der Waals surface area contributed by atoms with Gasteiger partial charge < -0.3 is 25.4 Å². The highest BCUT2D eigenvalue weighted by Gasteiger charge is 2.31. The summed E-state index contributed by atoms with van der Waals surface area (Å²) in [6.45, 7) is 0.390. The molecule has 0 heterocycles. The molecule has 2 unspecified atom stereocenters. The Labute approximate surface area is 223 Å². The molecule has 0 bridgehead atoms. The van der Waals surface area contributed by atoms with Crippen LogP contribution < -0.4 is 20.5 Å². The van der Waals surface area contributed by atoms with Gasteiger partial charge in [-0.15, -0.1) is 0 Å². The summed E-state index contributed by atoms with van der Waals surface area (Å²) >= 11 is 0. The summed E-state index contributed by atoms with van der Waals surface area (Å²) in [5, 5.41) is 12.0. The van der Waals surface area contributed by atoms with Crippen LogP contribution in [0.15, 0.2) is 66.7 Å². The lowest BCUT2D eigenvalue weighted by atomic mass is 9.89. The predicted molar refractivity (Wildman–Crippen MR) is 145 cm³/mol. The van der Waals surface area contributed by atoms with Crippen LogP contribution in [0.3, 0.4) is 0 Å². The molecule has 196 valence electrons. The quantitative estimate of drug-likeness (QED) is 0.450. The number of benzene rings is 3. The Bertz CT molecular complexity index is 1320. The van der Waals surface area contributed by atoms with E-state index in [2.05, 4.69) is 11.4 Å². The molecule has 8 nitrogen and oxygen atoms in total. The van der Waals surface area contributed by atoms with E-state index >= 15 is 0 Å². The summed E-state index contributed by atoms with van der Waals surface area (Å²) in [5.74, 6) is 0.641. The second-order valence-corrected chi connectivity index (χ2v) is 9.36. The molecule has 1 aliphatic carbocycles. The van der Waals surface area contributed by atoms with E-state index in [9.17, 15) is 9.59 Å². The Morgan fingerprint density at radius 1 is 0.947 bits per heavy atom. The third-order valence-electron chi connectivity index (χ3n) is 6.91. The Morgan fingerprint density at radius 2 is 1.61 bits per heavy atom. The van der Waals surface area contributed by atoms with Crippen LogP contribution in [0.25, 0.3) is 0 Å². The van der Waals surface area contributed by atoms with E-state index in [4.69, 9.17) is 20.5 Å². The molecule has 0 spiro atoms. The van der Waals surface area contributed by atoms with Crippen molar-refractivity contribution >= 4 is 17.5 Å². The van der Waals surface area contributed by atoms with Crippen LogP contribution in [0.1, 0.15) is 57.5 Å². The normalized spacial score (nSPS) is 16.7. The lowest BCUT2D eigenvalue weighted by Crippen LogP contribution is -2.51. The first kappa shape index (κ1) is 26.7. The average molecular weight is 513 g/mol. The standard InChI is InChI=1S/C30H32N4O4/c1-37-27-16-13-23(17-28(27)38-2)29(35)33-24-14-9-21(10-15-24)19-34(26-6-4-3-5-25(26)32)30(36)22-11-7-20(18-31)8-12-22/h7-17,25-26H,3-6,19,32H2,1-2H3,(H,33,35). The first-order valence-corrected chi connectivity index (χ1v) is 12.6. The van der Waals surface area contributed by atoms with Crippen molar-refractivity contribution in [2.45, 2.75) is 44.3 Å². The van der Waals surface area contributed by atoms with Gasteiger partial charge in [0.05, 0.1) is 25.9 Å². The number of carbonyl (C=O) groups is 2. The van der Waals surface area contributed by atoms with Gasteiger partial charge in [0.15, 0.2) is 11.5 Å². The molecular weight excluding hydrogens is 480 g/mol. The highest BCUT2D eigenvalue weighted by Crippen LogP contribution is 2.28. The summed E-state index contributed by atoms with van der Waals surface area (Å²) in [4.78, 5) is 28.2. The lowest BCUT2D eigenvalue weighted by Gasteiger charge is -2.38. The van der Waals surface area contributed by atoms with E-state index in [0.29, 0.717) is 40.4 Å². The highest BCUT2D eigenvalue weighted by atomic mass is 16.5. The molecule has 3 N–H and O–H groups in total. The van der Waals surface area contributed by atoms with E-state index in [1.54, 1.807) is 49.6 Å². The van der Waals surface area contributed by atoms with Gasteiger partial charge in [0.1, 0.15) is 0 Å². The molecule has 2 amide bonds. The van der Waals surface area contributed by atoms with Crippen LogP contribution in [0.5, 0.6) is 11.5 Å². The van der Waals surface area contributed by atoms with Gasteiger partial charge in [0.2, 0.25) is 0 Å². The number of anilines is 1. The SMILES string of the molecule is COc1ccc(C(=O)Nc2ccc(CN(C(=O)c3ccc(C#N)cc3)C3CCCCC3N)cc2)cc1OC. The molecule has 1 aliphatic rings. The maximum atomic E-state index is 13.6. The van der Waals surface area contributed by atoms with Crippen molar-refractivity contribution in [3.8, 4) is 17.6 Å². The molecule has 1 fully saturated rings. The van der Waals surface area contributed by atoms with E-state index in [-0.39, 0.29) is 23.9 Å². The molecule has 1 saturated carbocycles. The number of hydrogen-bond acceptors (Lipinski definition) is 6. The van der Waals surface area contributed by atoms with Crippen LogP contribution in [-0.2, 0) is 6.54 Å². The fourth-order valence-electron chi connectivity index (χ4n) is 4.79. The summed E-state index contributed by atoms with van der Waals surface area (Å²) in [6, 6.07) is 21.0. The van der Waals surface area contributed by atoms with Crippen molar-refractivity contribution in [3.05, 3.63) is 89.0 Å². The number of hydrogen-bond donors (Lipinski definition) is 2. The van der Waals surface area contributed by atoms with Crippen molar-refractivity contribution in [2.75, 3.05) is 19.5 Å². The van der Waals surface area contributed by atoms with Crippen molar-refractivity contribution in [1.29, 1.82) is 5.26 Å². The largest absolute Gasteiger partial charge is 0.493 e. The van der Waals surface area contributed by atoms with Gasteiger partial charge in [-0.05, 0) is 73.0 Å². The number of nitrogens with zero attached hydrogens (tertiary/aromatic N) is 2. The first-order chi connectivity index (χ1) is 18.4. The topological polar surface area (TPSA) is 118 Å². The first-order valence-electron chi connectivity index (χ1n) is 12.6. The molecule has 0 radical (unpaired) electrons. The number of ether oxygens (including phenoxy) is 2. The van der Waals surface area contributed by atoms with Gasteiger partial charge >= 0.3 is 0 Å².